The Labute approximate surface area is 176 Å². The van der Waals surface area contributed by atoms with Gasteiger partial charge in [-0.25, -0.2) is 14.5 Å². The van der Waals surface area contributed by atoms with Gasteiger partial charge in [0, 0.05) is 30.0 Å². The number of carbonyl (C=O) groups is 2. The number of thiol groups is 1. The van der Waals surface area contributed by atoms with Crippen LogP contribution in [0.25, 0.3) is 16.0 Å². The van der Waals surface area contributed by atoms with Crippen LogP contribution in [0.15, 0.2) is 28.3 Å². The highest BCUT2D eigenvalue weighted by Gasteiger charge is 2.18. The molecule has 0 bridgehead atoms. The molecule has 0 atom stereocenters. The normalized spacial score (nSPS) is 10.4. The van der Waals surface area contributed by atoms with Gasteiger partial charge in [0.1, 0.15) is 16.9 Å². The first-order valence-corrected chi connectivity index (χ1v) is 10.1. The predicted molar refractivity (Wildman–Crippen MR) is 115 cm³/mol. The van der Waals surface area contributed by atoms with Gasteiger partial charge in [0.25, 0.3) is 11.5 Å². The Morgan fingerprint density at radius 1 is 1.41 bits per heavy atom. The summed E-state index contributed by atoms with van der Waals surface area (Å²) in [6, 6.07) is 3.60. The minimum absolute atomic E-state index is 0.231. The van der Waals surface area contributed by atoms with E-state index in [0.717, 1.165) is 16.7 Å². The summed E-state index contributed by atoms with van der Waals surface area (Å²) in [5.74, 6) is 5.28. The molecule has 9 heteroatoms. The third-order valence-corrected chi connectivity index (χ3v) is 5.40. The molecule has 3 aromatic rings. The fourth-order valence-corrected chi connectivity index (χ4v) is 4.03. The molecule has 0 saturated carbocycles. The number of fused-ring (bicyclic) bond motifs is 1. The van der Waals surface area contributed by atoms with Crippen molar-refractivity contribution in [1.82, 2.24) is 19.9 Å². The van der Waals surface area contributed by atoms with E-state index in [1.54, 1.807) is 12.3 Å². The summed E-state index contributed by atoms with van der Waals surface area (Å²) in [7, 11) is 0. The molecule has 0 aliphatic rings. The maximum Gasteiger partial charge on any atom is 0.296 e. The van der Waals surface area contributed by atoms with Crippen LogP contribution < -0.4 is 10.9 Å². The number of nitrogens with one attached hydrogen (secondary N) is 1. The second-order valence-corrected chi connectivity index (χ2v) is 7.88. The van der Waals surface area contributed by atoms with Crippen LogP contribution in [-0.4, -0.2) is 33.3 Å². The van der Waals surface area contributed by atoms with Crippen molar-refractivity contribution >= 4 is 46.4 Å². The lowest BCUT2D eigenvalue weighted by Gasteiger charge is -2.08. The maximum atomic E-state index is 13.2. The molecule has 0 aromatic carbocycles. The highest BCUT2D eigenvalue weighted by Crippen LogP contribution is 2.27. The average Bonchev–Trinajstić information content (AvgIpc) is 2.98. The van der Waals surface area contributed by atoms with Gasteiger partial charge in [0.05, 0.1) is 10.9 Å². The minimum atomic E-state index is -0.464. The summed E-state index contributed by atoms with van der Waals surface area (Å²) in [6.45, 7) is 4.09. The molecular weight excluding hydrogens is 408 g/mol. The van der Waals surface area contributed by atoms with Crippen LogP contribution in [0.5, 0.6) is 0 Å². The van der Waals surface area contributed by atoms with Gasteiger partial charge in [-0.2, -0.15) is 0 Å². The van der Waals surface area contributed by atoms with Crippen LogP contribution in [0, 0.1) is 25.7 Å². The van der Waals surface area contributed by atoms with E-state index in [9.17, 15) is 14.4 Å². The summed E-state index contributed by atoms with van der Waals surface area (Å²) in [6.07, 6.45) is 3.35. The first-order valence-electron chi connectivity index (χ1n) is 8.84. The molecular formula is C20H18N4O3S2. The lowest BCUT2D eigenvalue weighted by atomic mass is 10.2. The van der Waals surface area contributed by atoms with Gasteiger partial charge in [-0.1, -0.05) is 5.92 Å². The number of aryl methyl sites for hydroxylation is 2. The molecule has 3 rings (SSSR count). The minimum Gasteiger partial charge on any atom is -0.345 e. The van der Waals surface area contributed by atoms with Crippen LogP contribution in [0.3, 0.4) is 0 Å². The second kappa shape index (κ2) is 9.03. The molecule has 0 saturated heterocycles. The molecule has 0 fully saturated rings. The van der Waals surface area contributed by atoms with E-state index >= 15 is 0 Å². The number of aldehydes is 1. The van der Waals surface area contributed by atoms with Gasteiger partial charge in [-0.05, 0) is 38.0 Å². The lowest BCUT2D eigenvalue weighted by molar-refractivity contribution is -0.116. The Balaban J connectivity index is 2.04. The topological polar surface area (TPSA) is 93.9 Å². The second-order valence-electron chi connectivity index (χ2n) is 6.27. The molecule has 1 N–H and O–H groups in total. The molecule has 3 heterocycles. The first kappa shape index (κ1) is 20.8. The number of amides is 1. The Hall–Kier alpha value is -2.96. The van der Waals surface area contributed by atoms with Gasteiger partial charge < -0.3 is 10.1 Å². The summed E-state index contributed by atoms with van der Waals surface area (Å²) < 4.78 is 1.33. The fourth-order valence-electron chi connectivity index (χ4n) is 2.70. The van der Waals surface area contributed by atoms with Gasteiger partial charge in [-0.3, -0.25) is 9.59 Å². The molecule has 7 nitrogen and oxygen atoms in total. The summed E-state index contributed by atoms with van der Waals surface area (Å²) >= 11 is 5.69. The van der Waals surface area contributed by atoms with Crippen molar-refractivity contribution in [2.24, 2.45) is 0 Å². The smallest absolute Gasteiger partial charge is 0.296 e. The molecule has 0 unspecified atom stereocenters. The van der Waals surface area contributed by atoms with Crippen molar-refractivity contribution < 1.29 is 9.59 Å². The predicted octanol–water partition coefficient (Wildman–Crippen LogP) is 2.19. The third-order valence-electron chi connectivity index (χ3n) is 4.10. The summed E-state index contributed by atoms with van der Waals surface area (Å²) in [5.41, 5.74) is 1.08. The molecule has 0 spiro atoms. The number of carbonyl (C=O) groups excluding carboxylic acids is 2. The number of nitrogens with zero attached hydrogens (tertiary/aromatic N) is 3. The fraction of sp³-hybridized carbons (Fsp3) is 0.250. The summed E-state index contributed by atoms with van der Waals surface area (Å²) in [4.78, 5) is 45.4. The SMILES string of the molecule is Cc1ccnc(-n2c(S)nc3sc(C)c(C#CC(=O)NCCCC=O)c3c2=O)c1. The Morgan fingerprint density at radius 3 is 2.93 bits per heavy atom. The zero-order chi connectivity index (χ0) is 21.0. The van der Waals surface area contributed by atoms with Crippen molar-refractivity contribution in [2.45, 2.75) is 31.8 Å². The van der Waals surface area contributed by atoms with E-state index in [2.05, 4.69) is 39.8 Å². The van der Waals surface area contributed by atoms with Crippen molar-refractivity contribution in [3.05, 3.63) is 44.7 Å². The number of unbranched alkanes of at least 4 members (excludes halogenated alkanes) is 1. The summed E-state index contributed by atoms with van der Waals surface area (Å²) in [5, 5.41) is 3.20. The largest absolute Gasteiger partial charge is 0.345 e. The van der Waals surface area contributed by atoms with Gasteiger partial charge in [-0.15, -0.1) is 24.0 Å². The number of aromatic nitrogens is 3. The zero-order valence-electron chi connectivity index (χ0n) is 15.9. The number of rotatable bonds is 5. The highest BCUT2D eigenvalue weighted by atomic mass is 32.1. The van der Waals surface area contributed by atoms with Crippen molar-refractivity contribution in [1.29, 1.82) is 0 Å². The molecule has 0 aliphatic carbocycles. The number of thiophene rings is 1. The molecule has 1 amide bonds. The number of hydrogen-bond acceptors (Lipinski definition) is 7. The molecule has 29 heavy (non-hydrogen) atoms. The van der Waals surface area contributed by atoms with Gasteiger partial charge in [0.15, 0.2) is 5.16 Å². The van der Waals surface area contributed by atoms with Crippen LogP contribution >= 0.6 is 24.0 Å². The number of pyridine rings is 1. The molecule has 3 aromatic heterocycles. The molecule has 148 valence electrons. The monoisotopic (exact) mass is 426 g/mol. The van der Waals surface area contributed by atoms with Crippen LogP contribution in [0.4, 0.5) is 0 Å². The van der Waals surface area contributed by atoms with Gasteiger partial charge >= 0.3 is 0 Å². The standard InChI is InChI=1S/C20H18N4O3S2/c1-12-7-9-21-15(11-12)24-19(27)17-14(13(2)29-18(17)23-20(24)28)5-6-16(26)22-8-3-4-10-25/h7,9-11H,3-4,8H2,1-2H3,(H,22,26)(H,23,28). The zero-order valence-corrected chi connectivity index (χ0v) is 17.6. The highest BCUT2D eigenvalue weighted by molar-refractivity contribution is 7.80. The van der Waals surface area contributed by atoms with Crippen molar-refractivity contribution in [3.63, 3.8) is 0 Å². The van der Waals surface area contributed by atoms with Crippen LogP contribution in [-0.2, 0) is 9.59 Å². The van der Waals surface area contributed by atoms with E-state index in [0.29, 0.717) is 41.0 Å². The van der Waals surface area contributed by atoms with E-state index in [1.807, 2.05) is 19.9 Å². The van der Waals surface area contributed by atoms with E-state index in [1.165, 1.54) is 15.9 Å². The Morgan fingerprint density at radius 2 is 2.21 bits per heavy atom. The van der Waals surface area contributed by atoms with E-state index < -0.39 is 5.91 Å². The lowest BCUT2D eigenvalue weighted by Crippen LogP contribution is -2.23. The van der Waals surface area contributed by atoms with Crippen LogP contribution in [0.1, 0.15) is 28.8 Å². The van der Waals surface area contributed by atoms with Crippen molar-refractivity contribution in [3.8, 4) is 17.7 Å². The van der Waals surface area contributed by atoms with E-state index in [4.69, 9.17) is 0 Å². The van der Waals surface area contributed by atoms with Crippen molar-refractivity contribution in [2.75, 3.05) is 6.54 Å². The Bertz CT molecular complexity index is 1220. The Kier molecular flexibility index (Phi) is 6.46. The maximum absolute atomic E-state index is 13.2. The molecule has 0 radical (unpaired) electrons. The quantitative estimate of drug-likeness (QED) is 0.214. The van der Waals surface area contributed by atoms with Crippen LogP contribution in [0.2, 0.25) is 0 Å². The average molecular weight is 427 g/mol. The molecule has 0 aliphatic heterocycles. The van der Waals surface area contributed by atoms with Gasteiger partial charge in [0.2, 0.25) is 0 Å². The first-order chi connectivity index (χ1) is 13.9. The van der Waals surface area contributed by atoms with E-state index in [-0.39, 0.29) is 10.7 Å². The third kappa shape index (κ3) is 4.55. The number of hydrogen-bond donors (Lipinski definition) is 2.